The van der Waals surface area contributed by atoms with Gasteiger partial charge in [-0.1, -0.05) is 6.92 Å². The van der Waals surface area contributed by atoms with Crippen molar-refractivity contribution in [3.63, 3.8) is 0 Å². The Balaban J connectivity index is 1.88. The lowest BCUT2D eigenvalue weighted by Gasteiger charge is -2.35. The molecule has 1 N–H and O–H groups in total. The van der Waals surface area contributed by atoms with E-state index >= 15 is 0 Å². The van der Waals surface area contributed by atoms with Gasteiger partial charge in [-0.15, -0.1) is 0 Å². The zero-order chi connectivity index (χ0) is 14.6. The Kier molecular flexibility index (Phi) is 5.80. The van der Waals surface area contributed by atoms with Crippen LogP contribution in [0.4, 0.5) is 0 Å². The van der Waals surface area contributed by atoms with Gasteiger partial charge in [0.05, 0.1) is 12.6 Å². The Hall–Kier alpha value is -0.210. The van der Waals surface area contributed by atoms with Crippen molar-refractivity contribution in [1.29, 1.82) is 0 Å². The first kappa shape index (κ1) is 16.2. The largest absolute Gasteiger partial charge is 0.380 e. The number of nitrogens with zero attached hydrogens (tertiary/aromatic N) is 2. The molecule has 0 radical (unpaired) electrons. The van der Waals surface area contributed by atoms with Gasteiger partial charge in [0.2, 0.25) is 0 Å². The summed E-state index contributed by atoms with van der Waals surface area (Å²) in [5.74, 6) is 0.599. The van der Waals surface area contributed by atoms with Gasteiger partial charge in [-0.2, -0.15) is 17.0 Å². The Morgan fingerprint density at radius 2 is 2.00 bits per heavy atom. The zero-order valence-corrected chi connectivity index (χ0v) is 13.4. The van der Waals surface area contributed by atoms with E-state index < -0.39 is 10.2 Å². The molecule has 0 saturated carbocycles. The maximum absolute atomic E-state index is 12.6. The molecular formula is C13H27N3O3S. The first-order chi connectivity index (χ1) is 9.55. The molecule has 0 aromatic carbocycles. The monoisotopic (exact) mass is 305 g/mol. The summed E-state index contributed by atoms with van der Waals surface area (Å²) >= 11 is 0. The number of likely N-dealkylation sites (N-methyl/N-ethyl adjacent to an activating group) is 1. The van der Waals surface area contributed by atoms with Gasteiger partial charge >= 0.3 is 0 Å². The molecule has 20 heavy (non-hydrogen) atoms. The van der Waals surface area contributed by atoms with Crippen LogP contribution in [0.1, 0.15) is 26.2 Å². The molecule has 0 amide bonds. The van der Waals surface area contributed by atoms with Crippen LogP contribution in [0, 0.1) is 5.92 Å². The minimum atomic E-state index is -3.32. The summed E-state index contributed by atoms with van der Waals surface area (Å²) in [6, 6.07) is -0.000480. The highest BCUT2D eigenvalue weighted by molar-refractivity contribution is 7.86. The third-order valence-electron chi connectivity index (χ3n) is 4.37. The normalized spacial score (nSPS) is 26.4. The Morgan fingerprint density at radius 3 is 2.55 bits per heavy atom. The van der Waals surface area contributed by atoms with Gasteiger partial charge in [0.15, 0.2) is 0 Å². The van der Waals surface area contributed by atoms with Crippen molar-refractivity contribution < 1.29 is 13.2 Å². The number of ether oxygens (including phenoxy) is 1. The van der Waals surface area contributed by atoms with E-state index in [2.05, 4.69) is 12.2 Å². The summed E-state index contributed by atoms with van der Waals surface area (Å²) in [7, 11) is -1.64. The van der Waals surface area contributed by atoms with Gasteiger partial charge in [-0.05, 0) is 38.3 Å². The smallest absolute Gasteiger partial charge is 0.282 e. The number of hydrogen-bond acceptors (Lipinski definition) is 4. The molecule has 1 unspecified atom stereocenters. The van der Waals surface area contributed by atoms with E-state index in [4.69, 9.17) is 4.74 Å². The molecule has 2 saturated heterocycles. The zero-order valence-electron chi connectivity index (χ0n) is 12.5. The van der Waals surface area contributed by atoms with Gasteiger partial charge < -0.3 is 10.1 Å². The molecule has 0 spiro atoms. The van der Waals surface area contributed by atoms with E-state index in [1.165, 1.54) is 4.31 Å². The SMILES string of the molecule is CCNCC1CCN(S(=O)(=O)N(C)C2CCOC2)CC1. The number of rotatable bonds is 6. The predicted molar refractivity (Wildman–Crippen MR) is 78.7 cm³/mol. The molecule has 2 heterocycles. The topological polar surface area (TPSA) is 61.9 Å². The van der Waals surface area contributed by atoms with Crippen molar-refractivity contribution in [2.45, 2.75) is 32.2 Å². The summed E-state index contributed by atoms with van der Waals surface area (Å²) in [6.45, 7) is 6.52. The number of nitrogens with one attached hydrogen (secondary N) is 1. The Labute approximate surface area is 122 Å². The molecule has 2 fully saturated rings. The molecular weight excluding hydrogens is 278 g/mol. The average Bonchev–Trinajstić information content (AvgIpc) is 2.98. The number of piperidine rings is 1. The molecule has 0 aromatic heterocycles. The molecule has 7 heteroatoms. The molecule has 1 atom stereocenters. The van der Waals surface area contributed by atoms with Crippen LogP contribution in [-0.4, -0.2) is 69.5 Å². The second-order valence-electron chi connectivity index (χ2n) is 5.69. The van der Waals surface area contributed by atoms with Crippen LogP contribution in [-0.2, 0) is 14.9 Å². The van der Waals surface area contributed by atoms with Crippen LogP contribution in [0.2, 0.25) is 0 Å². The van der Waals surface area contributed by atoms with E-state index in [0.29, 0.717) is 32.2 Å². The molecule has 2 rings (SSSR count). The summed E-state index contributed by atoms with van der Waals surface area (Å²) in [6.07, 6.45) is 2.69. The average molecular weight is 305 g/mol. The van der Waals surface area contributed by atoms with Gasteiger partial charge in [0, 0.05) is 26.7 Å². The molecule has 6 nitrogen and oxygen atoms in total. The van der Waals surface area contributed by atoms with Crippen molar-refractivity contribution in [1.82, 2.24) is 13.9 Å². The van der Waals surface area contributed by atoms with Crippen molar-refractivity contribution >= 4 is 10.2 Å². The van der Waals surface area contributed by atoms with E-state index in [-0.39, 0.29) is 6.04 Å². The summed E-state index contributed by atoms with van der Waals surface area (Å²) in [5, 5.41) is 3.34. The van der Waals surface area contributed by atoms with E-state index in [1.807, 2.05) is 0 Å². The quantitative estimate of drug-likeness (QED) is 0.765. The van der Waals surface area contributed by atoms with Crippen LogP contribution in [0.25, 0.3) is 0 Å². The lowest BCUT2D eigenvalue weighted by Crippen LogP contribution is -2.49. The third kappa shape index (κ3) is 3.71. The second-order valence-corrected chi connectivity index (χ2v) is 7.68. The van der Waals surface area contributed by atoms with Crippen LogP contribution in [0.3, 0.4) is 0 Å². The van der Waals surface area contributed by atoms with Crippen LogP contribution < -0.4 is 5.32 Å². The van der Waals surface area contributed by atoms with Crippen molar-refractivity contribution in [2.75, 3.05) is 46.4 Å². The van der Waals surface area contributed by atoms with Gasteiger partial charge in [0.1, 0.15) is 0 Å². The van der Waals surface area contributed by atoms with Crippen molar-refractivity contribution in [2.24, 2.45) is 5.92 Å². The fourth-order valence-electron chi connectivity index (χ4n) is 2.87. The van der Waals surface area contributed by atoms with Crippen LogP contribution >= 0.6 is 0 Å². The lowest BCUT2D eigenvalue weighted by molar-refractivity contribution is 0.177. The van der Waals surface area contributed by atoms with E-state index in [1.54, 1.807) is 11.4 Å². The predicted octanol–water partition coefficient (Wildman–Crippen LogP) is 0.273. The fraction of sp³-hybridized carbons (Fsp3) is 1.00. The first-order valence-corrected chi connectivity index (χ1v) is 8.97. The minimum Gasteiger partial charge on any atom is -0.380 e. The maximum Gasteiger partial charge on any atom is 0.282 e. The standard InChI is InChI=1S/C13H27N3O3S/c1-3-14-10-12-4-7-16(8-5-12)20(17,18)15(2)13-6-9-19-11-13/h12-14H,3-11H2,1-2H3. The number of hydrogen-bond donors (Lipinski definition) is 1. The lowest BCUT2D eigenvalue weighted by atomic mass is 9.98. The highest BCUT2D eigenvalue weighted by Gasteiger charge is 2.35. The summed E-state index contributed by atoms with van der Waals surface area (Å²) in [5.41, 5.74) is 0. The van der Waals surface area contributed by atoms with Crippen molar-refractivity contribution in [3.8, 4) is 0 Å². The van der Waals surface area contributed by atoms with Gasteiger partial charge in [-0.25, -0.2) is 0 Å². The van der Waals surface area contributed by atoms with E-state index in [0.717, 1.165) is 32.4 Å². The van der Waals surface area contributed by atoms with E-state index in [9.17, 15) is 8.42 Å². The summed E-state index contributed by atoms with van der Waals surface area (Å²) < 4.78 is 33.6. The maximum atomic E-state index is 12.6. The summed E-state index contributed by atoms with van der Waals surface area (Å²) in [4.78, 5) is 0. The first-order valence-electron chi connectivity index (χ1n) is 7.57. The Bertz CT molecular complexity index is 388. The minimum absolute atomic E-state index is 0.000480. The molecule has 118 valence electrons. The van der Waals surface area contributed by atoms with Crippen molar-refractivity contribution in [3.05, 3.63) is 0 Å². The van der Waals surface area contributed by atoms with Gasteiger partial charge in [-0.3, -0.25) is 0 Å². The Morgan fingerprint density at radius 1 is 1.30 bits per heavy atom. The molecule has 0 aromatic rings. The fourth-order valence-corrected chi connectivity index (χ4v) is 4.45. The molecule has 0 bridgehead atoms. The molecule has 0 aliphatic carbocycles. The third-order valence-corrected chi connectivity index (χ3v) is 6.41. The second kappa shape index (κ2) is 7.17. The van der Waals surface area contributed by atoms with Gasteiger partial charge in [0.25, 0.3) is 10.2 Å². The molecule has 2 aliphatic rings. The molecule has 2 aliphatic heterocycles. The highest BCUT2D eigenvalue weighted by atomic mass is 32.2. The van der Waals surface area contributed by atoms with Crippen LogP contribution in [0.15, 0.2) is 0 Å². The van der Waals surface area contributed by atoms with Crippen LogP contribution in [0.5, 0.6) is 0 Å². The highest BCUT2D eigenvalue weighted by Crippen LogP contribution is 2.23.